The van der Waals surface area contributed by atoms with Gasteiger partial charge in [0.05, 0.1) is 0 Å². The van der Waals surface area contributed by atoms with E-state index in [0.29, 0.717) is 0 Å². The van der Waals surface area contributed by atoms with Crippen LogP contribution in [0, 0.1) is 0 Å². The maximum Gasteiger partial charge on any atom is 0.460 e. The van der Waals surface area contributed by atoms with Gasteiger partial charge in [0, 0.05) is 0 Å². The first kappa shape index (κ1) is 52.6. The Kier molecular flexibility index (Phi) is 12.5. The fraction of sp³-hybridized carbons (Fsp3) is 1.00. The minimum atomic E-state index is -9.35. The summed E-state index contributed by atoms with van der Waals surface area (Å²) in [6, 6.07) is 0. The fourth-order valence-electron chi connectivity index (χ4n) is 3.34. The van der Waals surface area contributed by atoms with E-state index >= 15 is 0 Å². The van der Waals surface area contributed by atoms with Crippen molar-refractivity contribution in [1.82, 2.24) is 0 Å². The molecule has 35 heteroatoms. The standard InChI is InChI=1S/C20H8F34O/c1-3(5(21,22)7(25,26)9(29,30)11(33,34)13(37,38)15(41,42)17(45,46)19(49,50)51)55-4(2)6(23,24)8(27,28)10(31,32)12(35,36)14(39,40)16(43,44)18(47,48)20(52,53)54/h3-4H,1-2H3. The SMILES string of the molecule is CC(OC(C)C(F)(F)C(F)(F)C(F)(F)C(F)(F)C(F)(F)C(F)(F)C(F)(F)C(F)(F)F)C(F)(F)C(F)(F)C(F)(F)C(F)(F)C(F)(F)C(F)(F)C(F)(F)C(F)(F)F. The molecule has 2 unspecified atom stereocenters. The molecule has 0 amide bonds. The minimum Gasteiger partial charge on any atom is -0.363 e. The maximum absolute atomic E-state index is 14.2. The summed E-state index contributed by atoms with van der Waals surface area (Å²) >= 11 is 0. The highest BCUT2D eigenvalue weighted by molar-refractivity contribution is 5.17. The largest absolute Gasteiger partial charge is 0.460 e. The molecule has 2 atom stereocenters. The molecule has 0 aliphatic carbocycles. The van der Waals surface area contributed by atoms with Gasteiger partial charge >= 0.3 is 95.3 Å². The summed E-state index contributed by atoms with van der Waals surface area (Å²) in [6.45, 7) is -2.73. The van der Waals surface area contributed by atoms with Crippen LogP contribution in [0.4, 0.5) is 149 Å². The molecule has 0 saturated carbocycles. The first-order valence-electron chi connectivity index (χ1n) is 12.1. The Hall–Kier alpha value is -2.42. The van der Waals surface area contributed by atoms with Crippen LogP contribution >= 0.6 is 0 Å². The summed E-state index contributed by atoms with van der Waals surface area (Å²) in [5.41, 5.74) is 0. The Morgan fingerprint density at radius 2 is 0.345 bits per heavy atom. The van der Waals surface area contributed by atoms with Gasteiger partial charge in [-0.1, -0.05) is 0 Å². The predicted molar refractivity (Wildman–Crippen MR) is 101 cm³/mol. The van der Waals surface area contributed by atoms with Crippen LogP contribution in [0.1, 0.15) is 13.8 Å². The van der Waals surface area contributed by atoms with Gasteiger partial charge in [-0.15, -0.1) is 0 Å². The lowest BCUT2D eigenvalue weighted by Crippen LogP contribution is -2.76. The molecular formula is C20H8F34O. The van der Waals surface area contributed by atoms with Crippen molar-refractivity contribution in [2.24, 2.45) is 0 Å². The highest BCUT2D eigenvalue weighted by Gasteiger charge is 2.97. The van der Waals surface area contributed by atoms with Crippen LogP contribution in [-0.2, 0) is 4.74 Å². The third kappa shape index (κ3) is 6.51. The first-order valence-corrected chi connectivity index (χ1v) is 12.1. The number of rotatable bonds is 16. The van der Waals surface area contributed by atoms with Gasteiger partial charge in [0.15, 0.2) is 0 Å². The second-order valence-electron chi connectivity index (χ2n) is 10.6. The first-order chi connectivity index (χ1) is 23.0. The molecule has 0 fully saturated rings. The number of hydrogen-bond acceptors (Lipinski definition) is 1. The number of ether oxygens (including phenoxy) is 1. The van der Waals surface area contributed by atoms with E-state index in [-0.39, 0.29) is 0 Å². The summed E-state index contributed by atoms with van der Waals surface area (Å²) in [5.74, 6) is -125. The van der Waals surface area contributed by atoms with Crippen LogP contribution in [0.25, 0.3) is 0 Å². The molecule has 0 heterocycles. The fourth-order valence-corrected chi connectivity index (χ4v) is 3.34. The van der Waals surface area contributed by atoms with Crippen LogP contribution in [0.5, 0.6) is 0 Å². The molecule has 0 aromatic heterocycles. The van der Waals surface area contributed by atoms with E-state index < -0.39 is 121 Å². The van der Waals surface area contributed by atoms with Gasteiger partial charge in [0.2, 0.25) is 0 Å². The van der Waals surface area contributed by atoms with Gasteiger partial charge in [-0.05, 0) is 13.8 Å². The molecule has 0 aliphatic rings. The van der Waals surface area contributed by atoms with Crippen LogP contribution in [0.15, 0.2) is 0 Å². The van der Waals surface area contributed by atoms with Crippen molar-refractivity contribution in [1.29, 1.82) is 0 Å². The summed E-state index contributed by atoms with van der Waals surface area (Å²) in [4.78, 5) is 0. The molecule has 332 valence electrons. The minimum absolute atomic E-state index is 1.36. The van der Waals surface area contributed by atoms with Crippen molar-refractivity contribution in [2.75, 3.05) is 0 Å². The van der Waals surface area contributed by atoms with Crippen molar-refractivity contribution in [2.45, 2.75) is 121 Å². The maximum atomic E-state index is 14.2. The second kappa shape index (κ2) is 13.0. The lowest BCUT2D eigenvalue weighted by atomic mass is 9.87. The van der Waals surface area contributed by atoms with Crippen LogP contribution in [-0.4, -0.2) is 107 Å². The van der Waals surface area contributed by atoms with Gasteiger partial charge < -0.3 is 4.74 Å². The van der Waals surface area contributed by atoms with E-state index in [0.717, 1.165) is 0 Å². The van der Waals surface area contributed by atoms with E-state index in [2.05, 4.69) is 4.74 Å². The molecule has 0 aromatic rings. The van der Waals surface area contributed by atoms with E-state index in [1.54, 1.807) is 0 Å². The third-order valence-electron chi connectivity index (χ3n) is 6.92. The number of alkyl halides is 34. The topological polar surface area (TPSA) is 9.23 Å². The van der Waals surface area contributed by atoms with Gasteiger partial charge in [-0.3, -0.25) is 0 Å². The van der Waals surface area contributed by atoms with Crippen molar-refractivity contribution < 1.29 is 154 Å². The zero-order valence-corrected chi connectivity index (χ0v) is 24.4. The zero-order chi connectivity index (χ0) is 45.9. The number of hydrogen-bond donors (Lipinski definition) is 0. The lowest BCUT2D eigenvalue weighted by molar-refractivity contribution is -0.468. The molecule has 0 radical (unpaired) electrons. The Labute approximate surface area is 276 Å². The predicted octanol–water partition coefficient (Wildman–Crippen LogP) is 11.8. The zero-order valence-electron chi connectivity index (χ0n) is 24.4. The molecule has 0 saturated heterocycles. The van der Waals surface area contributed by atoms with Crippen LogP contribution in [0.2, 0.25) is 0 Å². The molecule has 0 rings (SSSR count). The van der Waals surface area contributed by atoms with Gasteiger partial charge in [0.25, 0.3) is 0 Å². The number of halogens is 34. The monoisotopic (exact) mass is 910 g/mol. The molecule has 0 spiro atoms. The average Bonchev–Trinajstić information content (AvgIpc) is 2.94. The molecular weight excluding hydrogens is 902 g/mol. The van der Waals surface area contributed by atoms with Gasteiger partial charge in [-0.25, -0.2) is 0 Å². The Balaban J connectivity index is 7.15. The van der Waals surface area contributed by atoms with Crippen LogP contribution < -0.4 is 0 Å². The molecule has 0 N–H and O–H groups in total. The smallest absolute Gasteiger partial charge is 0.363 e. The van der Waals surface area contributed by atoms with E-state index in [1.807, 2.05) is 0 Å². The van der Waals surface area contributed by atoms with Gasteiger partial charge in [-0.2, -0.15) is 149 Å². The third-order valence-corrected chi connectivity index (χ3v) is 6.92. The average molecular weight is 910 g/mol. The van der Waals surface area contributed by atoms with E-state index in [9.17, 15) is 149 Å². The normalized spacial score (nSPS) is 18.1. The quantitative estimate of drug-likeness (QED) is 0.140. The van der Waals surface area contributed by atoms with Crippen molar-refractivity contribution >= 4 is 0 Å². The summed E-state index contributed by atoms with van der Waals surface area (Å²) < 4.78 is 457. The van der Waals surface area contributed by atoms with Crippen LogP contribution in [0.3, 0.4) is 0 Å². The van der Waals surface area contributed by atoms with Crippen molar-refractivity contribution in [3.05, 3.63) is 0 Å². The summed E-state index contributed by atoms with van der Waals surface area (Å²) in [7, 11) is 0. The Morgan fingerprint density at radius 1 is 0.218 bits per heavy atom. The van der Waals surface area contributed by atoms with E-state index in [1.165, 1.54) is 0 Å². The Bertz CT molecular complexity index is 1260. The molecule has 55 heavy (non-hydrogen) atoms. The highest BCUT2D eigenvalue weighted by atomic mass is 19.4. The molecule has 1 nitrogen and oxygen atoms in total. The van der Waals surface area contributed by atoms with Gasteiger partial charge in [0.1, 0.15) is 12.2 Å². The van der Waals surface area contributed by atoms with Crippen molar-refractivity contribution in [3.63, 3.8) is 0 Å². The molecule has 0 aliphatic heterocycles. The molecule has 0 bridgehead atoms. The summed E-state index contributed by atoms with van der Waals surface area (Å²) in [6.07, 6.45) is -27.1. The Morgan fingerprint density at radius 3 is 0.491 bits per heavy atom. The highest BCUT2D eigenvalue weighted by Crippen LogP contribution is 2.66. The molecule has 0 aromatic carbocycles. The lowest BCUT2D eigenvalue weighted by Gasteiger charge is -2.45. The summed E-state index contributed by atoms with van der Waals surface area (Å²) in [5, 5.41) is 0. The second-order valence-corrected chi connectivity index (χ2v) is 10.6. The van der Waals surface area contributed by atoms with E-state index in [4.69, 9.17) is 0 Å². The van der Waals surface area contributed by atoms with Crippen molar-refractivity contribution in [3.8, 4) is 0 Å².